The predicted molar refractivity (Wildman–Crippen MR) is 79.1 cm³/mol. The van der Waals surface area contributed by atoms with E-state index in [2.05, 4.69) is 55.6 Å². The van der Waals surface area contributed by atoms with Gasteiger partial charge in [-0.2, -0.15) is 0 Å². The van der Waals surface area contributed by atoms with Crippen LogP contribution in [-0.2, 0) is 6.54 Å². The summed E-state index contributed by atoms with van der Waals surface area (Å²) in [4.78, 5) is 0. The quantitative estimate of drug-likeness (QED) is 0.865. The minimum Gasteiger partial charge on any atom is -0.316 e. The second-order valence-electron chi connectivity index (χ2n) is 4.58. The van der Waals surface area contributed by atoms with Gasteiger partial charge in [0.1, 0.15) is 0 Å². The maximum atomic E-state index is 6.31. The first-order valence-corrected chi connectivity index (χ1v) is 6.51. The summed E-state index contributed by atoms with van der Waals surface area (Å²) in [7, 11) is 1.93. The Balaban J connectivity index is 2.46. The summed E-state index contributed by atoms with van der Waals surface area (Å²) < 4.78 is 0. The van der Waals surface area contributed by atoms with Crippen molar-refractivity contribution in [3.05, 3.63) is 58.1 Å². The van der Waals surface area contributed by atoms with Crippen LogP contribution in [0.3, 0.4) is 0 Å². The third-order valence-electron chi connectivity index (χ3n) is 3.34. The topological polar surface area (TPSA) is 12.0 Å². The second-order valence-corrected chi connectivity index (χ2v) is 4.99. The summed E-state index contributed by atoms with van der Waals surface area (Å²) in [5.41, 5.74) is 6.19. The van der Waals surface area contributed by atoms with Crippen LogP contribution in [0.5, 0.6) is 0 Å². The molecule has 1 N–H and O–H groups in total. The molecule has 0 atom stereocenters. The van der Waals surface area contributed by atoms with Crippen LogP contribution in [0.15, 0.2) is 36.4 Å². The molecule has 0 amide bonds. The highest BCUT2D eigenvalue weighted by molar-refractivity contribution is 6.31. The Hall–Kier alpha value is -1.31. The standard InChI is InChI=1S/C16H18ClN/c1-11-5-4-6-15(12(11)2)13-7-8-14(10-18-3)16(17)9-13/h4-9,18H,10H2,1-3H3. The van der Waals surface area contributed by atoms with E-state index in [0.29, 0.717) is 0 Å². The van der Waals surface area contributed by atoms with Crippen molar-refractivity contribution < 1.29 is 0 Å². The van der Waals surface area contributed by atoms with Crippen LogP contribution in [0.25, 0.3) is 11.1 Å². The lowest BCUT2D eigenvalue weighted by atomic mass is 9.96. The summed E-state index contributed by atoms with van der Waals surface area (Å²) in [6, 6.07) is 12.7. The summed E-state index contributed by atoms with van der Waals surface area (Å²) in [6.07, 6.45) is 0. The first-order valence-electron chi connectivity index (χ1n) is 6.13. The first-order chi connectivity index (χ1) is 8.63. The van der Waals surface area contributed by atoms with Crippen molar-refractivity contribution in [2.45, 2.75) is 20.4 Å². The van der Waals surface area contributed by atoms with Crippen LogP contribution >= 0.6 is 11.6 Å². The molecule has 2 aromatic rings. The van der Waals surface area contributed by atoms with Gasteiger partial charge in [0.15, 0.2) is 0 Å². The van der Waals surface area contributed by atoms with Crippen LogP contribution < -0.4 is 5.32 Å². The van der Waals surface area contributed by atoms with E-state index in [1.54, 1.807) is 0 Å². The molecule has 0 saturated carbocycles. The highest BCUT2D eigenvalue weighted by Crippen LogP contribution is 2.29. The fourth-order valence-electron chi connectivity index (χ4n) is 2.11. The summed E-state index contributed by atoms with van der Waals surface area (Å²) in [6.45, 7) is 5.09. The fourth-order valence-corrected chi connectivity index (χ4v) is 2.36. The third-order valence-corrected chi connectivity index (χ3v) is 3.69. The zero-order valence-electron chi connectivity index (χ0n) is 11.0. The minimum absolute atomic E-state index is 0.798. The molecule has 0 aromatic heterocycles. The number of hydrogen-bond donors (Lipinski definition) is 1. The van der Waals surface area contributed by atoms with E-state index in [0.717, 1.165) is 17.1 Å². The molecule has 2 heteroatoms. The molecule has 0 aliphatic rings. The van der Waals surface area contributed by atoms with Gasteiger partial charge in [0.2, 0.25) is 0 Å². The highest BCUT2D eigenvalue weighted by Gasteiger charge is 2.06. The van der Waals surface area contributed by atoms with Crippen molar-refractivity contribution in [3.63, 3.8) is 0 Å². The molecule has 18 heavy (non-hydrogen) atoms. The molecule has 0 spiro atoms. The zero-order valence-corrected chi connectivity index (χ0v) is 11.8. The van der Waals surface area contributed by atoms with Crippen molar-refractivity contribution in [1.82, 2.24) is 5.32 Å². The maximum absolute atomic E-state index is 6.31. The molecular weight excluding hydrogens is 242 g/mol. The Kier molecular flexibility index (Phi) is 4.05. The van der Waals surface area contributed by atoms with Crippen molar-refractivity contribution in [3.8, 4) is 11.1 Å². The lowest BCUT2D eigenvalue weighted by Crippen LogP contribution is -2.05. The number of benzene rings is 2. The summed E-state index contributed by atoms with van der Waals surface area (Å²) >= 11 is 6.31. The van der Waals surface area contributed by atoms with Crippen LogP contribution in [0.4, 0.5) is 0 Å². The van der Waals surface area contributed by atoms with E-state index < -0.39 is 0 Å². The number of aryl methyl sites for hydroxylation is 1. The lowest BCUT2D eigenvalue weighted by molar-refractivity contribution is 0.818. The van der Waals surface area contributed by atoms with E-state index in [1.165, 1.54) is 22.3 Å². The lowest BCUT2D eigenvalue weighted by Gasteiger charge is -2.11. The van der Waals surface area contributed by atoms with Crippen molar-refractivity contribution in [1.29, 1.82) is 0 Å². The Morgan fingerprint density at radius 1 is 1.11 bits per heavy atom. The van der Waals surface area contributed by atoms with Gasteiger partial charge in [-0.05, 0) is 54.8 Å². The second kappa shape index (κ2) is 5.55. The van der Waals surface area contributed by atoms with Gasteiger partial charge in [-0.25, -0.2) is 0 Å². The summed E-state index contributed by atoms with van der Waals surface area (Å²) in [5.74, 6) is 0. The van der Waals surface area contributed by atoms with E-state index in [9.17, 15) is 0 Å². The van der Waals surface area contributed by atoms with Gasteiger partial charge in [-0.3, -0.25) is 0 Å². The van der Waals surface area contributed by atoms with Crippen LogP contribution in [0.1, 0.15) is 16.7 Å². The molecule has 0 aliphatic heterocycles. The van der Waals surface area contributed by atoms with Crippen molar-refractivity contribution in [2.24, 2.45) is 0 Å². The largest absolute Gasteiger partial charge is 0.316 e. The van der Waals surface area contributed by atoms with Gasteiger partial charge >= 0.3 is 0 Å². The normalized spacial score (nSPS) is 10.7. The Labute approximate surface area is 114 Å². The molecule has 2 aromatic carbocycles. The molecule has 1 nitrogen and oxygen atoms in total. The monoisotopic (exact) mass is 259 g/mol. The fraction of sp³-hybridized carbons (Fsp3) is 0.250. The van der Waals surface area contributed by atoms with Gasteiger partial charge in [-0.15, -0.1) is 0 Å². The Bertz CT molecular complexity index is 561. The highest BCUT2D eigenvalue weighted by atomic mass is 35.5. The van der Waals surface area contributed by atoms with E-state index in [-0.39, 0.29) is 0 Å². The van der Waals surface area contributed by atoms with Crippen molar-refractivity contribution >= 4 is 11.6 Å². The van der Waals surface area contributed by atoms with E-state index in [4.69, 9.17) is 11.6 Å². The molecule has 94 valence electrons. The first kappa shape index (κ1) is 13.1. The predicted octanol–water partition coefficient (Wildman–Crippen LogP) is 4.34. The number of nitrogens with one attached hydrogen (secondary N) is 1. The summed E-state index contributed by atoms with van der Waals surface area (Å²) in [5, 5.41) is 3.94. The average Bonchev–Trinajstić information content (AvgIpc) is 2.35. The molecule has 0 unspecified atom stereocenters. The minimum atomic E-state index is 0.798. The third kappa shape index (κ3) is 2.58. The van der Waals surface area contributed by atoms with Gasteiger partial charge < -0.3 is 5.32 Å². The van der Waals surface area contributed by atoms with Crippen LogP contribution in [0, 0.1) is 13.8 Å². The van der Waals surface area contributed by atoms with Gasteiger partial charge in [0.05, 0.1) is 0 Å². The van der Waals surface area contributed by atoms with Gasteiger partial charge in [-0.1, -0.05) is 41.9 Å². The van der Waals surface area contributed by atoms with Gasteiger partial charge in [0.25, 0.3) is 0 Å². The molecule has 0 aliphatic carbocycles. The molecule has 2 rings (SSSR count). The molecule has 0 saturated heterocycles. The van der Waals surface area contributed by atoms with Gasteiger partial charge in [0, 0.05) is 11.6 Å². The zero-order chi connectivity index (χ0) is 13.1. The van der Waals surface area contributed by atoms with Crippen molar-refractivity contribution in [2.75, 3.05) is 7.05 Å². The van der Waals surface area contributed by atoms with Crippen LogP contribution in [-0.4, -0.2) is 7.05 Å². The number of rotatable bonds is 3. The Morgan fingerprint density at radius 2 is 1.89 bits per heavy atom. The molecular formula is C16H18ClN. The Morgan fingerprint density at radius 3 is 2.56 bits per heavy atom. The average molecular weight is 260 g/mol. The molecule has 0 heterocycles. The number of halogens is 1. The molecule has 0 fully saturated rings. The van der Waals surface area contributed by atoms with E-state index in [1.807, 2.05) is 7.05 Å². The molecule has 0 radical (unpaired) electrons. The molecule has 0 bridgehead atoms. The van der Waals surface area contributed by atoms with Crippen LogP contribution in [0.2, 0.25) is 5.02 Å². The number of hydrogen-bond acceptors (Lipinski definition) is 1. The maximum Gasteiger partial charge on any atom is 0.0457 e. The van der Waals surface area contributed by atoms with E-state index >= 15 is 0 Å². The smallest absolute Gasteiger partial charge is 0.0457 e. The SMILES string of the molecule is CNCc1ccc(-c2cccc(C)c2C)cc1Cl.